The molecule has 4 amide bonds. The number of hydrogen-bond donors (Lipinski definition) is 3. The van der Waals surface area contributed by atoms with Crippen molar-refractivity contribution in [3.05, 3.63) is 65.1 Å². The second kappa shape index (κ2) is 9.37. The van der Waals surface area contributed by atoms with Crippen LogP contribution in [-0.4, -0.2) is 28.6 Å². The monoisotopic (exact) mass is 466 g/mol. The second-order valence-electron chi connectivity index (χ2n) is 7.69. The summed E-state index contributed by atoms with van der Waals surface area (Å²) < 4.78 is 5.04. The minimum atomic E-state index is -0.743. The van der Waals surface area contributed by atoms with Crippen molar-refractivity contribution in [1.82, 2.24) is 10.3 Å². The van der Waals surface area contributed by atoms with Gasteiger partial charge in [0.2, 0.25) is 17.7 Å². The minimum Gasteiger partial charge on any atom is -0.459 e. The van der Waals surface area contributed by atoms with E-state index in [-0.39, 0.29) is 29.9 Å². The van der Waals surface area contributed by atoms with Gasteiger partial charge in [0, 0.05) is 17.5 Å². The van der Waals surface area contributed by atoms with Gasteiger partial charge in [-0.05, 0) is 42.7 Å². The zero-order valence-electron chi connectivity index (χ0n) is 17.8. The Balaban J connectivity index is 1.35. The highest BCUT2D eigenvalue weighted by Crippen LogP contribution is 2.36. The van der Waals surface area contributed by atoms with Gasteiger partial charge in [-0.3, -0.25) is 29.8 Å². The molecule has 0 spiro atoms. The number of nitrogens with zero attached hydrogens (tertiary/aromatic N) is 1. The molecule has 170 valence electrons. The first kappa shape index (κ1) is 22.4. The summed E-state index contributed by atoms with van der Waals surface area (Å²) in [5.74, 6) is -1.03. The van der Waals surface area contributed by atoms with E-state index < -0.39 is 11.3 Å². The summed E-state index contributed by atoms with van der Waals surface area (Å²) in [6, 6.07) is 10.3. The lowest BCUT2D eigenvalue weighted by Gasteiger charge is -2.35. The largest absolute Gasteiger partial charge is 0.459 e. The molecule has 1 aliphatic rings. The Hall–Kier alpha value is -3.79. The number of anilines is 2. The summed E-state index contributed by atoms with van der Waals surface area (Å²) in [6.07, 6.45) is 2.78. The fourth-order valence-corrected chi connectivity index (χ4v) is 4.53. The number of benzene rings is 1. The molecular formula is C23H22N4O5S. The van der Waals surface area contributed by atoms with E-state index in [1.165, 1.54) is 17.6 Å². The van der Waals surface area contributed by atoms with Crippen molar-refractivity contribution >= 4 is 45.8 Å². The van der Waals surface area contributed by atoms with Crippen LogP contribution in [0.15, 0.2) is 52.5 Å². The molecule has 1 saturated heterocycles. The van der Waals surface area contributed by atoms with Crippen molar-refractivity contribution in [2.75, 3.05) is 10.6 Å². The number of furan rings is 1. The van der Waals surface area contributed by atoms with Crippen LogP contribution < -0.4 is 16.0 Å². The number of nitrogens with one attached hydrogen (secondary N) is 3. The van der Waals surface area contributed by atoms with Gasteiger partial charge in [0.05, 0.1) is 23.8 Å². The lowest BCUT2D eigenvalue weighted by Crippen LogP contribution is -2.51. The average Bonchev–Trinajstić information content (AvgIpc) is 3.47. The van der Waals surface area contributed by atoms with Gasteiger partial charge >= 0.3 is 0 Å². The van der Waals surface area contributed by atoms with E-state index in [1.807, 2.05) is 6.92 Å². The molecule has 3 N–H and O–H groups in total. The van der Waals surface area contributed by atoms with E-state index in [1.54, 1.807) is 41.8 Å². The number of rotatable bonds is 7. The third kappa shape index (κ3) is 4.85. The molecule has 33 heavy (non-hydrogen) atoms. The number of hydrogen-bond acceptors (Lipinski definition) is 7. The normalized spacial score (nSPS) is 18.0. The van der Waals surface area contributed by atoms with Gasteiger partial charge < -0.3 is 9.73 Å². The van der Waals surface area contributed by atoms with Gasteiger partial charge in [0.25, 0.3) is 5.91 Å². The molecule has 1 fully saturated rings. The summed E-state index contributed by atoms with van der Waals surface area (Å²) >= 11 is 1.22. The van der Waals surface area contributed by atoms with Gasteiger partial charge in [0.1, 0.15) is 0 Å². The molecule has 3 heterocycles. The van der Waals surface area contributed by atoms with Gasteiger partial charge in [-0.1, -0.05) is 19.1 Å². The topological polar surface area (TPSA) is 130 Å². The number of imide groups is 1. The lowest BCUT2D eigenvalue weighted by molar-refractivity contribution is -0.138. The second-order valence-corrected chi connectivity index (χ2v) is 8.55. The quantitative estimate of drug-likeness (QED) is 0.458. The van der Waals surface area contributed by atoms with Gasteiger partial charge in [-0.2, -0.15) is 0 Å². The Bertz CT molecular complexity index is 1190. The molecule has 0 aliphatic carbocycles. The molecule has 0 saturated carbocycles. The van der Waals surface area contributed by atoms with E-state index in [2.05, 4.69) is 20.9 Å². The van der Waals surface area contributed by atoms with Gasteiger partial charge in [-0.15, -0.1) is 11.3 Å². The van der Waals surface area contributed by atoms with Crippen LogP contribution in [0.3, 0.4) is 0 Å². The summed E-state index contributed by atoms with van der Waals surface area (Å²) in [5.41, 5.74) is 1.18. The molecule has 10 heteroatoms. The molecule has 3 aromatic rings. The Morgan fingerprint density at radius 2 is 1.97 bits per heavy atom. The fourth-order valence-electron chi connectivity index (χ4n) is 3.82. The molecule has 1 aliphatic heterocycles. The lowest BCUT2D eigenvalue weighted by atomic mass is 9.72. The van der Waals surface area contributed by atoms with Crippen molar-refractivity contribution in [1.29, 1.82) is 0 Å². The Morgan fingerprint density at radius 3 is 2.64 bits per heavy atom. The van der Waals surface area contributed by atoms with Crippen molar-refractivity contribution in [2.45, 2.75) is 38.0 Å². The first-order chi connectivity index (χ1) is 15.9. The summed E-state index contributed by atoms with van der Waals surface area (Å²) in [5, 5.41) is 9.95. The maximum Gasteiger partial charge on any atom is 0.293 e. The highest BCUT2D eigenvalue weighted by molar-refractivity contribution is 7.14. The predicted molar refractivity (Wildman–Crippen MR) is 122 cm³/mol. The zero-order chi connectivity index (χ0) is 23.4. The molecular weight excluding hydrogens is 444 g/mol. The van der Waals surface area contributed by atoms with E-state index in [9.17, 15) is 19.2 Å². The first-order valence-electron chi connectivity index (χ1n) is 10.4. The van der Waals surface area contributed by atoms with Crippen LogP contribution in [0, 0.1) is 0 Å². The van der Waals surface area contributed by atoms with Crippen molar-refractivity contribution in [2.24, 2.45) is 0 Å². The van der Waals surface area contributed by atoms with E-state index >= 15 is 0 Å². The van der Waals surface area contributed by atoms with E-state index in [0.29, 0.717) is 35.8 Å². The van der Waals surface area contributed by atoms with Crippen molar-refractivity contribution in [3.63, 3.8) is 0 Å². The SMILES string of the molecule is CCC1(c2ccc(NC(=O)Cc3csc(NC(=O)c4ccco4)n3)cc2)CCC(=O)NC1=O. The van der Waals surface area contributed by atoms with Crippen LogP contribution in [0.1, 0.15) is 48.0 Å². The van der Waals surface area contributed by atoms with Crippen LogP contribution >= 0.6 is 11.3 Å². The highest BCUT2D eigenvalue weighted by Gasteiger charge is 2.42. The molecule has 2 aromatic heterocycles. The highest BCUT2D eigenvalue weighted by atomic mass is 32.1. The molecule has 1 atom stereocenters. The third-order valence-corrected chi connectivity index (χ3v) is 6.46. The number of thiazole rings is 1. The predicted octanol–water partition coefficient (Wildman–Crippen LogP) is 3.25. The zero-order valence-corrected chi connectivity index (χ0v) is 18.7. The minimum absolute atomic E-state index is 0.0400. The Morgan fingerprint density at radius 1 is 1.18 bits per heavy atom. The van der Waals surface area contributed by atoms with Crippen molar-refractivity contribution in [3.8, 4) is 0 Å². The Labute approximate surface area is 193 Å². The van der Waals surface area contributed by atoms with E-state index in [0.717, 1.165) is 5.56 Å². The molecule has 0 bridgehead atoms. The Kier molecular flexibility index (Phi) is 6.36. The van der Waals surface area contributed by atoms with Crippen molar-refractivity contribution < 1.29 is 23.6 Å². The summed E-state index contributed by atoms with van der Waals surface area (Å²) in [6.45, 7) is 1.92. The molecule has 1 unspecified atom stereocenters. The number of aromatic nitrogens is 1. The first-order valence-corrected chi connectivity index (χ1v) is 11.3. The number of carbonyl (C=O) groups excluding carboxylic acids is 4. The van der Waals surface area contributed by atoms with Gasteiger partial charge in [0.15, 0.2) is 10.9 Å². The van der Waals surface area contributed by atoms with Crippen LogP contribution in [0.2, 0.25) is 0 Å². The maximum absolute atomic E-state index is 12.5. The van der Waals surface area contributed by atoms with Crippen LogP contribution in [-0.2, 0) is 26.2 Å². The van der Waals surface area contributed by atoms with E-state index in [4.69, 9.17) is 4.42 Å². The smallest absolute Gasteiger partial charge is 0.293 e. The molecule has 4 rings (SSSR count). The number of amides is 4. The van der Waals surface area contributed by atoms with Crippen LogP contribution in [0.25, 0.3) is 0 Å². The van der Waals surface area contributed by atoms with Crippen LogP contribution in [0.5, 0.6) is 0 Å². The molecule has 0 radical (unpaired) electrons. The third-order valence-electron chi connectivity index (χ3n) is 5.65. The maximum atomic E-state index is 12.5. The van der Waals surface area contributed by atoms with Gasteiger partial charge in [-0.25, -0.2) is 4.98 Å². The fraction of sp³-hybridized carbons (Fsp3) is 0.261. The number of piperidine rings is 1. The standard InChI is InChI=1S/C23H22N4O5S/c1-2-23(10-9-18(28)26-21(23)31)14-5-7-15(8-6-14)24-19(29)12-16-13-33-22(25-16)27-20(30)17-4-3-11-32-17/h3-8,11,13H,2,9-10,12H2,1H3,(H,24,29)(H,25,27,30)(H,26,28,31). The molecule has 9 nitrogen and oxygen atoms in total. The van der Waals surface area contributed by atoms with Crippen LogP contribution in [0.4, 0.5) is 10.8 Å². The summed E-state index contributed by atoms with van der Waals surface area (Å²) in [4.78, 5) is 52.8. The molecule has 1 aromatic carbocycles. The number of carbonyl (C=O) groups is 4. The summed E-state index contributed by atoms with van der Waals surface area (Å²) in [7, 11) is 0. The average molecular weight is 467 g/mol.